The van der Waals surface area contributed by atoms with E-state index in [1.54, 1.807) is 12.1 Å². The van der Waals surface area contributed by atoms with E-state index in [1.165, 1.54) is 28.2 Å². The zero-order valence-electron chi connectivity index (χ0n) is 18.8. The van der Waals surface area contributed by atoms with Gasteiger partial charge in [0.05, 0.1) is 34.2 Å². The van der Waals surface area contributed by atoms with Crippen molar-refractivity contribution in [1.82, 2.24) is 3.97 Å². The Labute approximate surface area is 202 Å². The maximum absolute atomic E-state index is 14.0. The highest BCUT2D eigenvalue weighted by molar-refractivity contribution is 7.90. The van der Waals surface area contributed by atoms with Crippen LogP contribution in [0, 0.1) is 10.1 Å². The number of non-ortho nitro benzene ring substituents is 1. The predicted molar refractivity (Wildman–Crippen MR) is 134 cm³/mol. The molecule has 1 aromatic heterocycles. The SMILES string of the molecule is O=[N+]([O-])c1ccc(S(=O)(=O)n2c(NCc3ccccc3)c(N3CCOCC3)c3ccccc32)cc1. The fourth-order valence-corrected chi connectivity index (χ4v) is 5.83. The summed E-state index contributed by atoms with van der Waals surface area (Å²) in [5.41, 5.74) is 2.16. The number of nitro groups is 1. The van der Waals surface area contributed by atoms with Crippen LogP contribution in [0.25, 0.3) is 10.9 Å². The number of nitrogens with one attached hydrogen (secondary N) is 1. The Bertz CT molecular complexity index is 1460. The fourth-order valence-electron chi connectivity index (χ4n) is 4.33. The average Bonchev–Trinajstić information content (AvgIpc) is 3.23. The number of hydrogen-bond donors (Lipinski definition) is 1. The molecule has 2 heterocycles. The van der Waals surface area contributed by atoms with Gasteiger partial charge in [-0.2, -0.15) is 0 Å². The molecule has 180 valence electrons. The second kappa shape index (κ2) is 9.40. The van der Waals surface area contributed by atoms with Gasteiger partial charge >= 0.3 is 0 Å². The summed E-state index contributed by atoms with van der Waals surface area (Å²) in [4.78, 5) is 12.6. The van der Waals surface area contributed by atoms with E-state index in [9.17, 15) is 18.5 Å². The minimum Gasteiger partial charge on any atom is -0.378 e. The Hall–Kier alpha value is -3.89. The summed E-state index contributed by atoms with van der Waals surface area (Å²) in [6.45, 7) is 2.78. The third-order valence-corrected chi connectivity index (χ3v) is 7.75. The summed E-state index contributed by atoms with van der Waals surface area (Å²) in [6, 6.07) is 22.1. The zero-order chi connectivity index (χ0) is 24.4. The maximum atomic E-state index is 14.0. The van der Waals surface area contributed by atoms with Crippen LogP contribution in [0.2, 0.25) is 0 Å². The molecule has 0 atom stereocenters. The quantitative estimate of drug-likeness (QED) is 0.304. The minimum atomic E-state index is -4.09. The molecule has 4 aromatic rings. The monoisotopic (exact) mass is 492 g/mol. The first-order chi connectivity index (χ1) is 17.0. The molecule has 0 radical (unpaired) electrons. The van der Waals surface area contributed by atoms with E-state index in [2.05, 4.69) is 10.2 Å². The van der Waals surface area contributed by atoms with Gasteiger partial charge in [0, 0.05) is 37.2 Å². The van der Waals surface area contributed by atoms with Crippen LogP contribution in [0.4, 0.5) is 17.2 Å². The van der Waals surface area contributed by atoms with Crippen LogP contribution in [0.15, 0.2) is 83.8 Å². The number of aromatic nitrogens is 1. The van der Waals surface area contributed by atoms with E-state index in [4.69, 9.17) is 4.74 Å². The van der Waals surface area contributed by atoms with Crippen molar-refractivity contribution in [1.29, 1.82) is 0 Å². The molecule has 1 aliphatic heterocycles. The van der Waals surface area contributed by atoms with Crippen LogP contribution < -0.4 is 10.2 Å². The van der Waals surface area contributed by atoms with Crippen LogP contribution in [0.5, 0.6) is 0 Å². The third-order valence-electron chi connectivity index (χ3n) is 6.02. The standard InChI is InChI=1S/C25H24N4O5S/c30-29(31)20-10-12-21(13-11-20)35(32,33)28-23-9-5-4-8-22(23)24(27-14-16-34-17-15-27)25(28)26-18-19-6-2-1-3-7-19/h1-13,26H,14-18H2. The van der Waals surface area contributed by atoms with Gasteiger partial charge in [-0.25, -0.2) is 12.4 Å². The van der Waals surface area contributed by atoms with Crippen molar-refractivity contribution in [3.05, 3.63) is 94.5 Å². The Morgan fingerprint density at radius 2 is 1.57 bits per heavy atom. The number of benzene rings is 3. The number of nitro benzene ring substituents is 1. The number of para-hydroxylation sites is 1. The third kappa shape index (κ3) is 4.33. The number of fused-ring (bicyclic) bond motifs is 1. The number of anilines is 2. The molecule has 1 aliphatic rings. The summed E-state index contributed by atoms with van der Waals surface area (Å²) >= 11 is 0. The summed E-state index contributed by atoms with van der Waals surface area (Å²) in [7, 11) is -4.09. The first-order valence-electron chi connectivity index (χ1n) is 11.2. The van der Waals surface area contributed by atoms with Crippen molar-refractivity contribution in [2.75, 3.05) is 36.5 Å². The smallest absolute Gasteiger partial charge is 0.269 e. The molecule has 9 nitrogen and oxygen atoms in total. The predicted octanol–water partition coefficient (Wildman–Crippen LogP) is 4.24. The fraction of sp³-hybridized carbons (Fsp3) is 0.200. The van der Waals surface area contributed by atoms with Gasteiger partial charge in [-0.1, -0.05) is 48.5 Å². The van der Waals surface area contributed by atoms with Crippen LogP contribution >= 0.6 is 0 Å². The van der Waals surface area contributed by atoms with Crippen LogP contribution in [0.3, 0.4) is 0 Å². The van der Waals surface area contributed by atoms with Crippen molar-refractivity contribution in [2.24, 2.45) is 0 Å². The minimum absolute atomic E-state index is 0.0276. The van der Waals surface area contributed by atoms with Crippen molar-refractivity contribution >= 4 is 38.1 Å². The molecule has 0 aliphatic carbocycles. The van der Waals surface area contributed by atoms with Crippen molar-refractivity contribution in [3.63, 3.8) is 0 Å². The molecular weight excluding hydrogens is 468 g/mol. The molecule has 1 saturated heterocycles. The molecule has 1 N–H and O–H groups in total. The highest BCUT2D eigenvalue weighted by atomic mass is 32.2. The topological polar surface area (TPSA) is 107 Å². The second-order valence-electron chi connectivity index (χ2n) is 8.17. The van der Waals surface area contributed by atoms with Crippen LogP contribution in [-0.2, 0) is 21.3 Å². The Balaban J connectivity index is 1.70. The Morgan fingerprint density at radius 1 is 0.914 bits per heavy atom. The number of nitrogens with zero attached hydrogens (tertiary/aromatic N) is 3. The van der Waals surface area contributed by atoms with Crippen molar-refractivity contribution in [2.45, 2.75) is 11.4 Å². The molecule has 3 aromatic carbocycles. The van der Waals surface area contributed by atoms with Gasteiger partial charge in [-0.15, -0.1) is 0 Å². The van der Waals surface area contributed by atoms with Gasteiger partial charge in [0.1, 0.15) is 5.82 Å². The van der Waals surface area contributed by atoms with E-state index in [0.29, 0.717) is 44.2 Å². The van der Waals surface area contributed by atoms with E-state index < -0.39 is 14.9 Å². The van der Waals surface area contributed by atoms with E-state index in [0.717, 1.165) is 16.6 Å². The summed E-state index contributed by atoms with van der Waals surface area (Å²) in [6.07, 6.45) is 0. The van der Waals surface area contributed by atoms with Gasteiger partial charge in [-0.3, -0.25) is 10.1 Å². The Kier molecular flexibility index (Phi) is 6.14. The lowest BCUT2D eigenvalue weighted by Gasteiger charge is -2.30. The number of ether oxygens (including phenoxy) is 1. The van der Waals surface area contributed by atoms with Gasteiger partial charge in [0.15, 0.2) is 0 Å². The first kappa shape index (κ1) is 22.9. The molecule has 10 heteroatoms. The number of morpholine rings is 1. The maximum Gasteiger partial charge on any atom is 0.269 e. The molecule has 0 bridgehead atoms. The molecule has 5 rings (SSSR count). The molecule has 0 unspecified atom stereocenters. The molecule has 1 fully saturated rings. The van der Waals surface area contributed by atoms with Crippen LogP contribution in [0.1, 0.15) is 5.56 Å². The molecule has 0 spiro atoms. The Morgan fingerprint density at radius 3 is 2.26 bits per heavy atom. The van der Waals surface area contributed by atoms with E-state index in [1.807, 2.05) is 42.5 Å². The van der Waals surface area contributed by atoms with Crippen molar-refractivity contribution < 1.29 is 18.1 Å². The molecule has 35 heavy (non-hydrogen) atoms. The number of rotatable bonds is 7. The second-order valence-corrected chi connectivity index (χ2v) is 9.96. The lowest BCUT2D eigenvalue weighted by Crippen LogP contribution is -2.36. The largest absolute Gasteiger partial charge is 0.378 e. The van der Waals surface area contributed by atoms with Crippen molar-refractivity contribution in [3.8, 4) is 0 Å². The van der Waals surface area contributed by atoms with Gasteiger partial charge in [0.25, 0.3) is 15.7 Å². The van der Waals surface area contributed by atoms with E-state index >= 15 is 0 Å². The van der Waals surface area contributed by atoms with Gasteiger partial charge < -0.3 is 15.0 Å². The average molecular weight is 493 g/mol. The molecule has 0 amide bonds. The van der Waals surface area contributed by atoms with Gasteiger partial charge in [-0.05, 0) is 23.8 Å². The lowest BCUT2D eigenvalue weighted by atomic mass is 10.2. The summed E-state index contributed by atoms with van der Waals surface area (Å²) in [5, 5.41) is 15.3. The number of hydrogen-bond acceptors (Lipinski definition) is 7. The normalized spacial score (nSPS) is 14.2. The van der Waals surface area contributed by atoms with E-state index in [-0.39, 0.29) is 10.6 Å². The molecule has 0 saturated carbocycles. The lowest BCUT2D eigenvalue weighted by molar-refractivity contribution is -0.384. The zero-order valence-corrected chi connectivity index (χ0v) is 19.6. The highest BCUT2D eigenvalue weighted by Crippen LogP contribution is 2.41. The summed E-state index contributed by atoms with van der Waals surface area (Å²) in [5.74, 6) is 0.454. The first-order valence-corrected chi connectivity index (χ1v) is 12.6. The summed E-state index contributed by atoms with van der Waals surface area (Å²) < 4.78 is 34.8. The highest BCUT2D eigenvalue weighted by Gasteiger charge is 2.30. The molecular formula is C25H24N4O5S. The van der Waals surface area contributed by atoms with Gasteiger partial charge in [0.2, 0.25) is 0 Å². The van der Waals surface area contributed by atoms with Crippen LogP contribution in [-0.4, -0.2) is 43.6 Å².